The molecule has 2 aliphatic rings. The summed E-state index contributed by atoms with van der Waals surface area (Å²) in [5.74, 6) is 5.01. The van der Waals surface area contributed by atoms with Crippen LogP contribution < -0.4 is 14.8 Å². The van der Waals surface area contributed by atoms with Crippen LogP contribution in [0.3, 0.4) is 0 Å². The van der Waals surface area contributed by atoms with Crippen molar-refractivity contribution in [2.75, 3.05) is 18.3 Å². The van der Waals surface area contributed by atoms with Gasteiger partial charge in [0.15, 0.2) is 17.3 Å². The lowest BCUT2D eigenvalue weighted by molar-refractivity contribution is -0.116. The van der Waals surface area contributed by atoms with Crippen LogP contribution in [0.1, 0.15) is 36.0 Å². The standard InChI is InChI=1S/C18H19N3O4S/c22-16(4-2-12-1-3-14-15(9-12)24-11-23-14)19-10-17-20-18(21-25-17)13-5-7-26-8-6-13/h1-4,9,13H,5-8,10-11H2,(H,19,22)/b4-2+. The lowest BCUT2D eigenvalue weighted by Gasteiger charge is -2.17. The molecule has 1 amide bonds. The van der Waals surface area contributed by atoms with Crippen LogP contribution in [0, 0.1) is 0 Å². The van der Waals surface area contributed by atoms with Gasteiger partial charge < -0.3 is 19.3 Å². The molecular formula is C18H19N3O4S. The number of nitrogens with zero attached hydrogens (tertiary/aromatic N) is 2. The van der Waals surface area contributed by atoms with Crippen LogP contribution in [0.5, 0.6) is 11.5 Å². The van der Waals surface area contributed by atoms with Crippen LogP contribution >= 0.6 is 11.8 Å². The molecule has 1 fully saturated rings. The van der Waals surface area contributed by atoms with Gasteiger partial charge in [0.05, 0.1) is 6.54 Å². The van der Waals surface area contributed by atoms with Crippen molar-refractivity contribution < 1.29 is 18.8 Å². The molecule has 0 saturated carbocycles. The quantitative estimate of drug-likeness (QED) is 0.807. The number of hydrogen-bond acceptors (Lipinski definition) is 7. The summed E-state index contributed by atoms with van der Waals surface area (Å²) in [5, 5.41) is 6.81. The number of thioether (sulfide) groups is 1. The molecule has 1 saturated heterocycles. The van der Waals surface area contributed by atoms with E-state index in [0.29, 0.717) is 17.6 Å². The first-order valence-electron chi connectivity index (χ1n) is 8.54. The second kappa shape index (κ2) is 7.82. The third-order valence-electron chi connectivity index (χ3n) is 4.31. The van der Waals surface area contributed by atoms with E-state index in [0.717, 1.165) is 41.5 Å². The van der Waals surface area contributed by atoms with Gasteiger partial charge in [-0.3, -0.25) is 4.79 Å². The van der Waals surface area contributed by atoms with Gasteiger partial charge in [0.2, 0.25) is 18.6 Å². The Balaban J connectivity index is 1.29. The van der Waals surface area contributed by atoms with E-state index in [2.05, 4.69) is 15.5 Å². The van der Waals surface area contributed by atoms with Gasteiger partial charge >= 0.3 is 0 Å². The normalized spacial score (nSPS) is 16.9. The van der Waals surface area contributed by atoms with Crippen molar-refractivity contribution in [3.8, 4) is 11.5 Å². The molecule has 3 heterocycles. The molecule has 0 unspecified atom stereocenters. The number of rotatable bonds is 5. The van der Waals surface area contributed by atoms with Crippen LogP contribution in [-0.4, -0.2) is 34.3 Å². The molecule has 1 N–H and O–H groups in total. The van der Waals surface area contributed by atoms with Gasteiger partial charge in [-0.2, -0.15) is 16.7 Å². The van der Waals surface area contributed by atoms with Gasteiger partial charge in [-0.1, -0.05) is 11.2 Å². The van der Waals surface area contributed by atoms with Gasteiger partial charge in [-0.25, -0.2) is 0 Å². The van der Waals surface area contributed by atoms with E-state index in [4.69, 9.17) is 14.0 Å². The van der Waals surface area contributed by atoms with E-state index >= 15 is 0 Å². The molecule has 0 spiro atoms. The summed E-state index contributed by atoms with van der Waals surface area (Å²) < 4.78 is 15.8. The second-order valence-electron chi connectivity index (χ2n) is 6.10. The zero-order chi connectivity index (χ0) is 17.8. The summed E-state index contributed by atoms with van der Waals surface area (Å²) in [5.41, 5.74) is 0.861. The number of ether oxygens (including phenoxy) is 2. The maximum Gasteiger partial charge on any atom is 0.246 e. The molecule has 4 rings (SSSR count). The van der Waals surface area contributed by atoms with Crippen molar-refractivity contribution in [1.29, 1.82) is 0 Å². The minimum absolute atomic E-state index is 0.221. The molecule has 1 aromatic heterocycles. The molecule has 26 heavy (non-hydrogen) atoms. The molecule has 0 radical (unpaired) electrons. The Hall–Kier alpha value is -2.48. The van der Waals surface area contributed by atoms with Crippen LogP contribution in [0.2, 0.25) is 0 Å². The molecule has 0 aliphatic carbocycles. The first-order valence-corrected chi connectivity index (χ1v) is 9.69. The summed E-state index contributed by atoms with van der Waals surface area (Å²) in [4.78, 5) is 16.4. The molecule has 0 atom stereocenters. The number of amides is 1. The zero-order valence-corrected chi connectivity index (χ0v) is 15.0. The molecule has 8 heteroatoms. The van der Waals surface area contributed by atoms with E-state index in [9.17, 15) is 4.79 Å². The van der Waals surface area contributed by atoms with Crippen molar-refractivity contribution in [1.82, 2.24) is 15.5 Å². The van der Waals surface area contributed by atoms with E-state index < -0.39 is 0 Å². The molecule has 136 valence electrons. The minimum Gasteiger partial charge on any atom is -0.454 e. The molecule has 2 aliphatic heterocycles. The highest BCUT2D eigenvalue weighted by Gasteiger charge is 2.21. The number of carbonyl (C=O) groups excluding carboxylic acids is 1. The Morgan fingerprint density at radius 1 is 1.27 bits per heavy atom. The van der Waals surface area contributed by atoms with Crippen molar-refractivity contribution in [2.24, 2.45) is 0 Å². The average molecular weight is 373 g/mol. The smallest absolute Gasteiger partial charge is 0.246 e. The second-order valence-corrected chi connectivity index (χ2v) is 7.32. The monoisotopic (exact) mass is 373 g/mol. The number of aromatic nitrogens is 2. The Morgan fingerprint density at radius 3 is 3.00 bits per heavy atom. The van der Waals surface area contributed by atoms with Crippen molar-refractivity contribution in [3.63, 3.8) is 0 Å². The predicted molar refractivity (Wildman–Crippen MR) is 97.0 cm³/mol. The van der Waals surface area contributed by atoms with Crippen LogP contribution in [0.25, 0.3) is 6.08 Å². The van der Waals surface area contributed by atoms with E-state index in [1.807, 2.05) is 30.0 Å². The SMILES string of the molecule is O=C(/C=C/c1ccc2c(c1)OCO2)NCc1nc(C2CCSCC2)no1. The maximum absolute atomic E-state index is 12.0. The van der Waals surface area contributed by atoms with Crippen molar-refractivity contribution in [2.45, 2.75) is 25.3 Å². The summed E-state index contributed by atoms with van der Waals surface area (Å²) >= 11 is 1.96. The number of fused-ring (bicyclic) bond motifs is 1. The molecule has 2 aromatic rings. The Morgan fingerprint density at radius 2 is 2.12 bits per heavy atom. The Kier molecular flexibility index (Phi) is 5.10. The van der Waals surface area contributed by atoms with Crippen molar-refractivity contribution >= 4 is 23.7 Å². The highest BCUT2D eigenvalue weighted by Crippen LogP contribution is 2.32. The lowest BCUT2D eigenvalue weighted by atomic mass is 10.0. The largest absolute Gasteiger partial charge is 0.454 e. The van der Waals surface area contributed by atoms with E-state index in [1.54, 1.807) is 6.08 Å². The fourth-order valence-electron chi connectivity index (χ4n) is 2.87. The van der Waals surface area contributed by atoms with Crippen LogP contribution in [0.15, 0.2) is 28.8 Å². The Bertz CT molecular complexity index is 815. The van der Waals surface area contributed by atoms with Gasteiger partial charge in [-0.15, -0.1) is 0 Å². The summed E-state index contributed by atoms with van der Waals surface area (Å²) in [7, 11) is 0. The first kappa shape index (κ1) is 17.0. The topological polar surface area (TPSA) is 86.5 Å². The van der Waals surface area contributed by atoms with E-state index in [-0.39, 0.29) is 19.2 Å². The van der Waals surface area contributed by atoms with Gasteiger partial charge in [0.25, 0.3) is 0 Å². The average Bonchev–Trinajstić information content (AvgIpc) is 3.34. The molecule has 1 aromatic carbocycles. The zero-order valence-electron chi connectivity index (χ0n) is 14.1. The van der Waals surface area contributed by atoms with Crippen LogP contribution in [-0.2, 0) is 11.3 Å². The van der Waals surface area contributed by atoms with Crippen molar-refractivity contribution in [3.05, 3.63) is 41.6 Å². The summed E-state index contributed by atoms with van der Waals surface area (Å²) in [6.45, 7) is 0.452. The molecular weight excluding hydrogens is 354 g/mol. The van der Waals surface area contributed by atoms with Gasteiger partial charge in [0, 0.05) is 12.0 Å². The Labute approximate surface area is 155 Å². The van der Waals surface area contributed by atoms with Gasteiger partial charge in [0.1, 0.15) is 0 Å². The summed E-state index contributed by atoms with van der Waals surface area (Å²) in [6, 6.07) is 5.52. The lowest BCUT2D eigenvalue weighted by Crippen LogP contribution is -2.20. The fraction of sp³-hybridized carbons (Fsp3) is 0.389. The number of hydrogen-bond donors (Lipinski definition) is 1. The highest BCUT2D eigenvalue weighted by molar-refractivity contribution is 7.99. The van der Waals surface area contributed by atoms with E-state index in [1.165, 1.54) is 6.08 Å². The highest BCUT2D eigenvalue weighted by atomic mass is 32.2. The number of nitrogens with one attached hydrogen (secondary N) is 1. The molecule has 0 bridgehead atoms. The summed E-state index contributed by atoms with van der Waals surface area (Å²) in [6.07, 6.45) is 5.34. The van der Waals surface area contributed by atoms with Gasteiger partial charge in [-0.05, 0) is 48.1 Å². The third kappa shape index (κ3) is 4.01. The third-order valence-corrected chi connectivity index (χ3v) is 5.36. The predicted octanol–water partition coefficient (Wildman–Crippen LogP) is 2.74. The first-order chi connectivity index (χ1) is 12.8. The maximum atomic E-state index is 12.0. The van der Waals surface area contributed by atoms with Crippen LogP contribution in [0.4, 0.5) is 0 Å². The number of benzene rings is 1. The fourth-order valence-corrected chi connectivity index (χ4v) is 3.98. The molecule has 7 nitrogen and oxygen atoms in total. The number of carbonyl (C=O) groups is 1. The minimum atomic E-state index is -0.225.